The molecule has 1 amide bonds. The number of anilines is 1. The lowest BCUT2D eigenvalue weighted by Gasteiger charge is -2.22. The maximum absolute atomic E-state index is 14.3. The highest BCUT2D eigenvalue weighted by atomic mass is 19.3. The molecule has 4 rings (SSSR count). The van der Waals surface area contributed by atoms with Crippen LogP contribution in [0, 0.1) is 12.7 Å². The molecular weight excluding hydrogens is 475 g/mol. The van der Waals surface area contributed by atoms with E-state index in [9.17, 15) is 18.0 Å². The maximum Gasteiger partial charge on any atom is 0.303 e. The summed E-state index contributed by atoms with van der Waals surface area (Å²) in [5.41, 5.74) is 1.38. The fraction of sp³-hybridized carbons (Fsp3) is 0.458. The summed E-state index contributed by atoms with van der Waals surface area (Å²) in [5, 5.41) is 7.43. The van der Waals surface area contributed by atoms with E-state index in [2.05, 4.69) is 25.4 Å². The minimum Gasteiger partial charge on any atom is -0.481 e. The number of likely N-dealkylation sites (tertiary alicyclic amines) is 1. The summed E-state index contributed by atoms with van der Waals surface area (Å²) in [6.07, 6.45) is 1.75. The number of hydrogen-bond donors (Lipinski definition) is 1. The van der Waals surface area contributed by atoms with Gasteiger partial charge in [-0.25, -0.2) is 24.0 Å². The molecule has 0 aromatic carbocycles. The Bertz CT molecular complexity index is 1280. The molecule has 0 saturated carbocycles. The largest absolute Gasteiger partial charge is 0.481 e. The quantitative estimate of drug-likeness (QED) is 0.526. The van der Waals surface area contributed by atoms with Gasteiger partial charge in [-0.1, -0.05) is 0 Å². The Morgan fingerprint density at radius 3 is 2.69 bits per heavy atom. The Kier molecular flexibility index (Phi) is 6.87. The van der Waals surface area contributed by atoms with Crippen molar-refractivity contribution in [3.63, 3.8) is 0 Å². The van der Waals surface area contributed by atoms with Gasteiger partial charge in [0, 0.05) is 50.3 Å². The van der Waals surface area contributed by atoms with E-state index in [1.54, 1.807) is 30.9 Å². The zero-order valence-corrected chi connectivity index (χ0v) is 20.7. The van der Waals surface area contributed by atoms with Gasteiger partial charge in [-0.2, -0.15) is 13.9 Å². The number of carbonyl (C=O) groups is 1. The van der Waals surface area contributed by atoms with Gasteiger partial charge in [0.05, 0.1) is 24.9 Å². The van der Waals surface area contributed by atoms with Gasteiger partial charge in [-0.15, -0.1) is 0 Å². The molecule has 1 saturated heterocycles. The highest BCUT2D eigenvalue weighted by molar-refractivity contribution is 5.83. The molecule has 0 spiro atoms. The van der Waals surface area contributed by atoms with Crippen molar-refractivity contribution < 1.29 is 22.7 Å². The number of nitrogens with zero attached hydrogens (tertiary/aromatic N) is 6. The lowest BCUT2D eigenvalue weighted by Crippen LogP contribution is -2.34. The first-order valence-electron chi connectivity index (χ1n) is 11.5. The molecule has 1 aliphatic rings. The van der Waals surface area contributed by atoms with Crippen LogP contribution in [0.1, 0.15) is 43.3 Å². The Morgan fingerprint density at radius 2 is 2.06 bits per heavy atom. The van der Waals surface area contributed by atoms with Crippen molar-refractivity contribution in [2.24, 2.45) is 7.05 Å². The second kappa shape index (κ2) is 9.75. The van der Waals surface area contributed by atoms with Crippen molar-refractivity contribution >= 4 is 11.7 Å². The molecule has 192 valence electrons. The molecule has 1 aliphatic heterocycles. The van der Waals surface area contributed by atoms with Crippen LogP contribution >= 0.6 is 0 Å². The van der Waals surface area contributed by atoms with E-state index in [0.29, 0.717) is 36.6 Å². The number of carbonyl (C=O) groups excluding carboxylic acids is 1. The van der Waals surface area contributed by atoms with Gasteiger partial charge in [0.25, 0.3) is 0 Å². The number of aromatic nitrogens is 5. The molecule has 0 unspecified atom stereocenters. The van der Waals surface area contributed by atoms with E-state index in [4.69, 9.17) is 4.74 Å². The predicted molar refractivity (Wildman–Crippen MR) is 126 cm³/mol. The summed E-state index contributed by atoms with van der Waals surface area (Å²) in [6, 6.07) is 4.86. The predicted octanol–water partition coefficient (Wildman–Crippen LogP) is 3.66. The van der Waals surface area contributed by atoms with E-state index in [1.165, 1.54) is 20.2 Å². The van der Waals surface area contributed by atoms with Gasteiger partial charge in [0.1, 0.15) is 11.6 Å². The van der Waals surface area contributed by atoms with Crippen LogP contribution in [0.5, 0.6) is 5.88 Å². The van der Waals surface area contributed by atoms with Crippen LogP contribution in [0.4, 0.5) is 19.0 Å². The number of nitrogens with one attached hydrogen (secondary N) is 1. The van der Waals surface area contributed by atoms with Crippen LogP contribution < -0.4 is 10.1 Å². The molecule has 1 N–H and O–H groups in total. The maximum atomic E-state index is 14.3. The highest BCUT2D eigenvalue weighted by Gasteiger charge is 2.33. The Morgan fingerprint density at radius 1 is 1.31 bits per heavy atom. The highest BCUT2D eigenvalue weighted by Crippen LogP contribution is 2.29. The second-order valence-electron chi connectivity index (χ2n) is 8.98. The van der Waals surface area contributed by atoms with Gasteiger partial charge in [0.15, 0.2) is 11.6 Å². The summed E-state index contributed by atoms with van der Waals surface area (Å²) in [7, 11) is 2.86. The lowest BCUT2D eigenvalue weighted by atomic mass is 10.0. The number of aryl methyl sites for hydroxylation is 2. The number of rotatable bonds is 7. The molecule has 4 heterocycles. The number of amides is 1. The first-order chi connectivity index (χ1) is 17.0. The first kappa shape index (κ1) is 25.4. The zero-order chi connectivity index (χ0) is 26.2. The minimum absolute atomic E-state index is 0.0471. The molecule has 0 radical (unpaired) electrons. The molecule has 0 bridgehead atoms. The van der Waals surface area contributed by atoms with Gasteiger partial charge in [-0.05, 0) is 32.4 Å². The molecule has 0 aliphatic carbocycles. The molecule has 1 fully saturated rings. The minimum atomic E-state index is -3.11. The zero-order valence-electron chi connectivity index (χ0n) is 20.7. The summed E-state index contributed by atoms with van der Waals surface area (Å²) >= 11 is 0. The van der Waals surface area contributed by atoms with E-state index in [1.807, 2.05) is 0 Å². The first-order valence-corrected chi connectivity index (χ1v) is 11.5. The third kappa shape index (κ3) is 5.12. The van der Waals surface area contributed by atoms with Gasteiger partial charge in [0.2, 0.25) is 11.8 Å². The number of alkyl halides is 2. The SMILES string of the molecule is COc1cc([C@@H](C)C(=O)N2CC[C@H](Nc3ccc(-c4nc(C(C)(F)F)n(C)n4)c(C)n3)C2)c(F)cn1. The van der Waals surface area contributed by atoms with Gasteiger partial charge < -0.3 is 15.0 Å². The van der Waals surface area contributed by atoms with Gasteiger partial charge in [-0.3, -0.25) is 4.79 Å². The van der Waals surface area contributed by atoms with Crippen molar-refractivity contribution in [1.82, 2.24) is 29.6 Å². The summed E-state index contributed by atoms with van der Waals surface area (Å²) in [6.45, 7) is 5.15. The number of pyridine rings is 2. The van der Waals surface area contributed by atoms with Gasteiger partial charge >= 0.3 is 5.92 Å². The molecule has 3 aromatic rings. The third-order valence-corrected chi connectivity index (χ3v) is 6.24. The fourth-order valence-corrected chi connectivity index (χ4v) is 4.33. The monoisotopic (exact) mass is 503 g/mol. The summed E-state index contributed by atoms with van der Waals surface area (Å²) in [5.74, 6) is -3.94. The summed E-state index contributed by atoms with van der Waals surface area (Å²) < 4.78 is 47.9. The molecular formula is C24H28F3N7O2. The molecule has 12 heteroatoms. The van der Waals surface area contributed by atoms with Crippen LogP contribution in [0.15, 0.2) is 24.4 Å². The molecule has 36 heavy (non-hydrogen) atoms. The Labute approximate surface area is 206 Å². The number of ether oxygens (including phenoxy) is 1. The molecule has 2 atom stereocenters. The van der Waals surface area contributed by atoms with Crippen LogP contribution in [0.2, 0.25) is 0 Å². The van der Waals surface area contributed by atoms with Crippen molar-refractivity contribution in [3.8, 4) is 17.3 Å². The topological polar surface area (TPSA) is 98.1 Å². The van der Waals surface area contributed by atoms with E-state index < -0.39 is 23.5 Å². The lowest BCUT2D eigenvalue weighted by molar-refractivity contribution is -0.131. The number of methoxy groups -OCH3 is 1. The van der Waals surface area contributed by atoms with Crippen molar-refractivity contribution in [2.45, 2.75) is 45.1 Å². The van der Waals surface area contributed by atoms with Crippen molar-refractivity contribution in [1.29, 1.82) is 0 Å². The number of halogens is 3. The number of hydrogen-bond acceptors (Lipinski definition) is 7. The van der Waals surface area contributed by atoms with E-state index in [0.717, 1.165) is 17.8 Å². The average molecular weight is 504 g/mol. The fourth-order valence-electron chi connectivity index (χ4n) is 4.33. The van der Waals surface area contributed by atoms with E-state index in [-0.39, 0.29) is 29.2 Å². The smallest absolute Gasteiger partial charge is 0.303 e. The summed E-state index contributed by atoms with van der Waals surface area (Å²) in [4.78, 5) is 27.1. The average Bonchev–Trinajstić information content (AvgIpc) is 3.45. The molecule has 9 nitrogen and oxygen atoms in total. The van der Waals surface area contributed by atoms with Crippen molar-refractivity contribution in [2.75, 3.05) is 25.5 Å². The van der Waals surface area contributed by atoms with Crippen LogP contribution in [0.3, 0.4) is 0 Å². The normalized spacial score (nSPS) is 16.8. The Balaban J connectivity index is 1.42. The standard InChI is InChI=1S/C24H28F3N7O2/c1-13(17-10-20(36-5)28-11-18(17)25)22(35)34-9-8-15(12-34)30-19-7-6-16(14(2)29-19)21-31-23(24(3,26)27)33(4)32-21/h6-7,10-11,13,15H,8-9,12H2,1-5H3,(H,29,30)/t13-,15+/m1/s1. The third-order valence-electron chi connectivity index (χ3n) is 6.24. The van der Waals surface area contributed by atoms with E-state index >= 15 is 0 Å². The Hall–Kier alpha value is -3.70. The second-order valence-corrected chi connectivity index (χ2v) is 8.98. The molecule has 3 aromatic heterocycles. The van der Waals surface area contributed by atoms with Crippen LogP contribution in [-0.2, 0) is 17.8 Å². The van der Waals surface area contributed by atoms with Crippen LogP contribution in [-0.4, -0.2) is 61.8 Å². The van der Waals surface area contributed by atoms with Crippen LogP contribution in [0.25, 0.3) is 11.4 Å². The van der Waals surface area contributed by atoms with Crippen molar-refractivity contribution in [3.05, 3.63) is 47.3 Å².